The maximum absolute atomic E-state index is 11.7. The molecule has 3 rings (SSSR count). The van der Waals surface area contributed by atoms with Crippen molar-refractivity contribution in [3.05, 3.63) is 11.9 Å². The Morgan fingerprint density at radius 2 is 2.24 bits per heavy atom. The molecule has 0 spiro atoms. The Morgan fingerprint density at radius 1 is 1.47 bits per heavy atom. The van der Waals surface area contributed by atoms with Crippen LogP contribution >= 0.6 is 0 Å². The van der Waals surface area contributed by atoms with E-state index in [1.165, 1.54) is 0 Å². The van der Waals surface area contributed by atoms with Gasteiger partial charge in [0, 0.05) is 44.2 Å². The lowest BCUT2D eigenvalue weighted by molar-refractivity contribution is -0.139. The van der Waals surface area contributed by atoms with Crippen LogP contribution in [0.1, 0.15) is 18.5 Å². The number of hydrogen-bond acceptors (Lipinski definition) is 4. The first kappa shape index (κ1) is 10.7. The normalized spacial score (nSPS) is 20.4. The molecule has 2 N–H and O–H groups in total. The molecule has 1 aromatic heterocycles. The topological polar surface area (TPSA) is 77.0 Å². The van der Waals surface area contributed by atoms with E-state index in [9.17, 15) is 4.79 Å². The molecule has 6 heteroatoms. The summed E-state index contributed by atoms with van der Waals surface area (Å²) in [5, 5.41) is 7.96. The Morgan fingerprint density at radius 3 is 2.82 bits per heavy atom. The molecule has 0 unspecified atom stereocenters. The number of likely N-dealkylation sites (tertiary alicyclic amines) is 1. The Kier molecular flexibility index (Phi) is 2.58. The van der Waals surface area contributed by atoms with Crippen LogP contribution in [-0.2, 0) is 17.9 Å². The van der Waals surface area contributed by atoms with Gasteiger partial charge in [0.15, 0.2) is 0 Å². The largest absolute Gasteiger partial charge is 0.342 e. The summed E-state index contributed by atoms with van der Waals surface area (Å²) in [5.41, 5.74) is 6.29. The predicted octanol–water partition coefficient (Wildman–Crippen LogP) is -0.395. The zero-order valence-electron chi connectivity index (χ0n) is 9.75. The van der Waals surface area contributed by atoms with Crippen molar-refractivity contribution in [2.75, 3.05) is 13.1 Å². The summed E-state index contributed by atoms with van der Waals surface area (Å²) in [6.45, 7) is 3.00. The Bertz CT molecular complexity index is 419. The number of aromatic nitrogens is 3. The quantitative estimate of drug-likeness (QED) is 0.770. The van der Waals surface area contributed by atoms with Crippen LogP contribution in [0.2, 0.25) is 0 Å². The highest BCUT2D eigenvalue weighted by atomic mass is 16.2. The highest BCUT2D eigenvalue weighted by Crippen LogP contribution is 2.33. The summed E-state index contributed by atoms with van der Waals surface area (Å²) < 4.78 is 1.83. The van der Waals surface area contributed by atoms with Crippen molar-refractivity contribution < 1.29 is 4.79 Å². The zero-order chi connectivity index (χ0) is 11.8. The molecule has 2 fully saturated rings. The van der Waals surface area contributed by atoms with E-state index in [4.69, 9.17) is 5.73 Å². The van der Waals surface area contributed by atoms with E-state index >= 15 is 0 Å². The summed E-state index contributed by atoms with van der Waals surface area (Å²) in [6.07, 6.45) is 4.05. The maximum atomic E-state index is 11.7. The van der Waals surface area contributed by atoms with Gasteiger partial charge in [0.1, 0.15) is 0 Å². The highest BCUT2D eigenvalue weighted by Gasteiger charge is 2.39. The molecule has 0 radical (unpaired) electrons. The minimum Gasteiger partial charge on any atom is -0.342 e. The van der Waals surface area contributed by atoms with Crippen molar-refractivity contribution >= 4 is 5.91 Å². The van der Waals surface area contributed by atoms with E-state index in [0.29, 0.717) is 24.3 Å². The van der Waals surface area contributed by atoms with Gasteiger partial charge in [-0.1, -0.05) is 5.21 Å². The lowest BCUT2D eigenvalue weighted by Crippen LogP contribution is -2.52. The second-order valence-electron chi connectivity index (χ2n) is 5.02. The van der Waals surface area contributed by atoms with Crippen molar-refractivity contribution in [1.82, 2.24) is 19.9 Å². The van der Waals surface area contributed by atoms with E-state index in [0.717, 1.165) is 38.2 Å². The number of carbonyl (C=O) groups excluding carboxylic acids is 1. The van der Waals surface area contributed by atoms with Crippen LogP contribution in [-0.4, -0.2) is 38.9 Å². The van der Waals surface area contributed by atoms with Gasteiger partial charge in [0.25, 0.3) is 0 Å². The molecule has 1 aliphatic heterocycles. The molecule has 17 heavy (non-hydrogen) atoms. The third-order valence-electron chi connectivity index (χ3n) is 3.44. The van der Waals surface area contributed by atoms with Crippen LogP contribution in [0.3, 0.4) is 0 Å². The molecule has 2 aliphatic rings. The molecular formula is C11H17N5O. The molecule has 0 atom stereocenters. The number of hydrogen-bond donors (Lipinski definition) is 1. The monoisotopic (exact) mass is 235 g/mol. The number of carbonyl (C=O) groups is 1. The molecule has 0 bridgehead atoms. The Balaban J connectivity index is 1.47. The van der Waals surface area contributed by atoms with E-state index in [1.54, 1.807) is 0 Å². The van der Waals surface area contributed by atoms with E-state index in [2.05, 4.69) is 10.3 Å². The molecule has 1 saturated carbocycles. The fraction of sp³-hybridized carbons (Fsp3) is 0.727. The summed E-state index contributed by atoms with van der Waals surface area (Å²) in [4.78, 5) is 13.7. The van der Waals surface area contributed by atoms with Gasteiger partial charge >= 0.3 is 0 Å². The molecular weight excluding hydrogens is 218 g/mol. The van der Waals surface area contributed by atoms with Crippen LogP contribution in [0, 0.1) is 11.8 Å². The van der Waals surface area contributed by atoms with Gasteiger partial charge < -0.3 is 10.6 Å². The van der Waals surface area contributed by atoms with Crippen molar-refractivity contribution in [3.8, 4) is 0 Å². The number of amides is 1. The van der Waals surface area contributed by atoms with Crippen LogP contribution < -0.4 is 5.73 Å². The second kappa shape index (κ2) is 4.10. The summed E-state index contributed by atoms with van der Waals surface area (Å²) in [7, 11) is 0. The van der Waals surface area contributed by atoms with Crippen molar-refractivity contribution in [2.24, 2.45) is 17.6 Å². The summed E-state index contributed by atoms with van der Waals surface area (Å²) in [5.74, 6) is 1.21. The fourth-order valence-corrected chi connectivity index (χ4v) is 2.24. The third-order valence-corrected chi connectivity index (χ3v) is 3.44. The van der Waals surface area contributed by atoms with Gasteiger partial charge in [-0.15, -0.1) is 5.10 Å². The second-order valence-corrected chi connectivity index (χ2v) is 5.02. The molecule has 1 amide bonds. The molecule has 92 valence electrons. The van der Waals surface area contributed by atoms with Gasteiger partial charge in [-0.25, -0.2) is 0 Å². The molecule has 2 heterocycles. The Labute approximate surface area is 99.8 Å². The average Bonchev–Trinajstić information content (AvgIpc) is 3.02. The minimum atomic E-state index is 0.339. The molecule has 1 aromatic rings. The minimum absolute atomic E-state index is 0.339. The fourth-order valence-electron chi connectivity index (χ4n) is 2.24. The highest BCUT2D eigenvalue weighted by molar-refractivity contribution is 5.81. The van der Waals surface area contributed by atoms with E-state index < -0.39 is 0 Å². The Hall–Kier alpha value is -1.43. The summed E-state index contributed by atoms with van der Waals surface area (Å²) in [6, 6.07) is 0. The average molecular weight is 235 g/mol. The standard InChI is InChI=1S/C11H17N5O/c12-3-10-7-16(14-13-10)6-8-4-15(5-8)11(17)9-1-2-9/h7-9H,1-6,12H2. The van der Waals surface area contributed by atoms with Gasteiger partial charge in [0.2, 0.25) is 5.91 Å². The number of nitrogens with two attached hydrogens (primary N) is 1. The maximum Gasteiger partial charge on any atom is 0.225 e. The predicted molar refractivity (Wildman–Crippen MR) is 60.7 cm³/mol. The van der Waals surface area contributed by atoms with Gasteiger partial charge in [-0.05, 0) is 12.8 Å². The van der Waals surface area contributed by atoms with Crippen LogP contribution in [0.25, 0.3) is 0 Å². The first-order chi connectivity index (χ1) is 8.26. The van der Waals surface area contributed by atoms with Crippen LogP contribution in [0.4, 0.5) is 0 Å². The first-order valence-corrected chi connectivity index (χ1v) is 6.14. The molecule has 1 aliphatic carbocycles. The first-order valence-electron chi connectivity index (χ1n) is 6.14. The van der Waals surface area contributed by atoms with Crippen LogP contribution in [0.5, 0.6) is 0 Å². The third kappa shape index (κ3) is 2.17. The van der Waals surface area contributed by atoms with Gasteiger partial charge in [0.05, 0.1) is 5.69 Å². The van der Waals surface area contributed by atoms with Crippen molar-refractivity contribution in [1.29, 1.82) is 0 Å². The SMILES string of the molecule is NCc1cn(CC2CN(C(=O)C3CC3)C2)nn1. The van der Waals surface area contributed by atoms with Gasteiger partial charge in [-0.3, -0.25) is 9.48 Å². The molecule has 0 aromatic carbocycles. The lowest BCUT2D eigenvalue weighted by Gasteiger charge is -2.39. The van der Waals surface area contributed by atoms with Crippen molar-refractivity contribution in [2.45, 2.75) is 25.9 Å². The molecule has 1 saturated heterocycles. The van der Waals surface area contributed by atoms with Gasteiger partial charge in [-0.2, -0.15) is 0 Å². The molecule has 6 nitrogen and oxygen atoms in total. The smallest absolute Gasteiger partial charge is 0.225 e. The van der Waals surface area contributed by atoms with E-state index in [-0.39, 0.29) is 0 Å². The number of nitrogens with zero attached hydrogens (tertiary/aromatic N) is 4. The number of rotatable bonds is 4. The van der Waals surface area contributed by atoms with Crippen LogP contribution in [0.15, 0.2) is 6.20 Å². The van der Waals surface area contributed by atoms with E-state index in [1.807, 2.05) is 15.8 Å². The zero-order valence-corrected chi connectivity index (χ0v) is 9.75. The summed E-state index contributed by atoms with van der Waals surface area (Å²) >= 11 is 0. The lowest BCUT2D eigenvalue weighted by atomic mass is 9.99. The van der Waals surface area contributed by atoms with Crippen molar-refractivity contribution in [3.63, 3.8) is 0 Å².